The van der Waals surface area contributed by atoms with E-state index in [1.807, 2.05) is 40.6 Å². The van der Waals surface area contributed by atoms with Crippen molar-refractivity contribution in [3.63, 3.8) is 0 Å². The molecule has 0 radical (unpaired) electrons. The van der Waals surface area contributed by atoms with Crippen molar-refractivity contribution in [3.05, 3.63) is 41.4 Å². The number of aliphatic hydroxyl groups is 1. The molecule has 1 saturated carbocycles. The molecule has 1 aliphatic carbocycles. The largest absolute Gasteiger partial charge is 0.392 e. The van der Waals surface area contributed by atoms with E-state index in [0.717, 1.165) is 29.4 Å². The third-order valence-electron chi connectivity index (χ3n) is 3.96. The Morgan fingerprint density at radius 1 is 1.38 bits per heavy atom. The van der Waals surface area contributed by atoms with E-state index in [-0.39, 0.29) is 5.91 Å². The van der Waals surface area contributed by atoms with Crippen LogP contribution in [-0.4, -0.2) is 34.7 Å². The standard InChI is InChI=1S/C18H23N3O2S/c1-13(22)10-20(16-6-4-3-5-7-16)11-15-12-24-18(19-15)21(14(2)23)17-8-9-17/h3-7,12-13,17,22H,8-11H2,1-2H3/t13-/m0/s1. The number of carbonyl (C=O) groups is 1. The van der Waals surface area contributed by atoms with E-state index in [2.05, 4.69) is 9.88 Å². The van der Waals surface area contributed by atoms with Crippen LogP contribution in [-0.2, 0) is 11.3 Å². The first-order chi connectivity index (χ1) is 11.5. The number of aromatic nitrogens is 1. The van der Waals surface area contributed by atoms with E-state index >= 15 is 0 Å². The van der Waals surface area contributed by atoms with E-state index in [1.54, 1.807) is 13.8 Å². The lowest BCUT2D eigenvalue weighted by molar-refractivity contribution is -0.116. The lowest BCUT2D eigenvalue weighted by Crippen LogP contribution is -2.31. The van der Waals surface area contributed by atoms with Crippen LogP contribution >= 0.6 is 11.3 Å². The Bertz CT molecular complexity index is 683. The molecule has 1 fully saturated rings. The molecule has 1 aromatic carbocycles. The van der Waals surface area contributed by atoms with E-state index in [0.29, 0.717) is 19.1 Å². The highest BCUT2D eigenvalue weighted by atomic mass is 32.1. The molecule has 1 N–H and O–H groups in total. The first-order valence-electron chi connectivity index (χ1n) is 8.27. The molecule has 0 unspecified atom stereocenters. The van der Waals surface area contributed by atoms with Gasteiger partial charge in [0.05, 0.1) is 18.3 Å². The van der Waals surface area contributed by atoms with Gasteiger partial charge in [-0.2, -0.15) is 0 Å². The summed E-state index contributed by atoms with van der Waals surface area (Å²) in [6.45, 7) is 4.54. The third kappa shape index (κ3) is 4.13. The zero-order valence-electron chi connectivity index (χ0n) is 14.1. The van der Waals surface area contributed by atoms with Gasteiger partial charge < -0.3 is 10.0 Å². The monoisotopic (exact) mass is 345 g/mol. The van der Waals surface area contributed by atoms with Gasteiger partial charge in [0, 0.05) is 30.6 Å². The minimum atomic E-state index is -0.427. The number of nitrogens with zero attached hydrogens (tertiary/aromatic N) is 3. The molecule has 1 amide bonds. The number of para-hydroxylation sites is 1. The van der Waals surface area contributed by atoms with Gasteiger partial charge in [0.25, 0.3) is 0 Å². The maximum absolute atomic E-state index is 11.9. The fourth-order valence-electron chi connectivity index (χ4n) is 2.77. The minimum absolute atomic E-state index is 0.0577. The van der Waals surface area contributed by atoms with Gasteiger partial charge in [0.1, 0.15) is 0 Å². The van der Waals surface area contributed by atoms with Crippen LogP contribution in [0.25, 0.3) is 0 Å². The van der Waals surface area contributed by atoms with Crippen LogP contribution in [0, 0.1) is 0 Å². The molecule has 1 heterocycles. The molecule has 2 aromatic rings. The van der Waals surface area contributed by atoms with Crippen LogP contribution in [0.1, 0.15) is 32.4 Å². The normalized spacial score (nSPS) is 15.1. The fourth-order valence-corrected chi connectivity index (χ4v) is 3.70. The lowest BCUT2D eigenvalue weighted by atomic mass is 10.2. The van der Waals surface area contributed by atoms with E-state index in [4.69, 9.17) is 0 Å². The number of anilines is 2. The highest BCUT2D eigenvalue weighted by Gasteiger charge is 2.33. The summed E-state index contributed by atoms with van der Waals surface area (Å²) in [6, 6.07) is 10.3. The lowest BCUT2D eigenvalue weighted by Gasteiger charge is -2.25. The Morgan fingerprint density at radius 3 is 2.67 bits per heavy atom. The van der Waals surface area contributed by atoms with Gasteiger partial charge in [-0.1, -0.05) is 18.2 Å². The molecule has 0 saturated heterocycles. The van der Waals surface area contributed by atoms with Crippen molar-refractivity contribution in [2.75, 3.05) is 16.3 Å². The summed E-state index contributed by atoms with van der Waals surface area (Å²) in [6.07, 6.45) is 1.70. The molecular formula is C18H23N3O2S. The Kier molecular flexibility index (Phi) is 5.16. The second kappa shape index (κ2) is 7.32. The SMILES string of the molecule is CC(=O)N(c1nc(CN(C[C@H](C)O)c2ccccc2)cs1)C1CC1. The summed E-state index contributed by atoms with van der Waals surface area (Å²) in [5, 5.41) is 12.6. The number of hydrogen-bond donors (Lipinski definition) is 1. The summed E-state index contributed by atoms with van der Waals surface area (Å²) in [5.74, 6) is 0.0577. The minimum Gasteiger partial charge on any atom is -0.392 e. The first-order valence-corrected chi connectivity index (χ1v) is 9.15. The Balaban J connectivity index is 1.77. The molecule has 0 spiro atoms. The molecule has 6 heteroatoms. The molecule has 3 rings (SSSR count). The Hall–Kier alpha value is -1.92. The van der Waals surface area contributed by atoms with Crippen molar-refractivity contribution in [2.24, 2.45) is 0 Å². The number of benzene rings is 1. The van der Waals surface area contributed by atoms with Gasteiger partial charge in [-0.25, -0.2) is 4.98 Å². The van der Waals surface area contributed by atoms with Crippen molar-refractivity contribution in [2.45, 2.75) is 45.4 Å². The van der Waals surface area contributed by atoms with Crippen LogP contribution in [0.2, 0.25) is 0 Å². The second-order valence-electron chi connectivity index (χ2n) is 6.31. The quantitative estimate of drug-likeness (QED) is 0.838. The van der Waals surface area contributed by atoms with Crippen molar-refractivity contribution in [1.82, 2.24) is 4.98 Å². The number of thiazole rings is 1. The summed E-state index contributed by atoms with van der Waals surface area (Å²) in [5.41, 5.74) is 1.98. The number of carbonyl (C=O) groups excluding carboxylic acids is 1. The smallest absolute Gasteiger partial charge is 0.225 e. The summed E-state index contributed by atoms with van der Waals surface area (Å²) in [4.78, 5) is 20.5. The maximum atomic E-state index is 11.9. The van der Waals surface area contributed by atoms with E-state index in [1.165, 1.54) is 11.3 Å². The molecule has 1 aliphatic rings. The first kappa shape index (κ1) is 16.9. The van der Waals surface area contributed by atoms with Gasteiger partial charge in [0.15, 0.2) is 5.13 Å². The van der Waals surface area contributed by atoms with Crippen LogP contribution < -0.4 is 9.80 Å². The van der Waals surface area contributed by atoms with Crippen molar-refractivity contribution in [1.29, 1.82) is 0 Å². The molecule has 0 aliphatic heterocycles. The zero-order valence-corrected chi connectivity index (χ0v) is 14.9. The average molecular weight is 345 g/mol. The van der Waals surface area contributed by atoms with Gasteiger partial charge >= 0.3 is 0 Å². The molecule has 128 valence electrons. The fraction of sp³-hybridized carbons (Fsp3) is 0.444. The van der Waals surface area contributed by atoms with Crippen LogP contribution in [0.15, 0.2) is 35.7 Å². The second-order valence-corrected chi connectivity index (χ2v) is 7.14. The van der Waals surface area contributed by atoms with E-state index in [9.17, 15) is 9.90 Å². The van der Waals surface area contributed by atoms with Crippen LogP contribution in [0.4, 0.5) is 10.8 Å². The van der Waals surface area contributed by atoms with Gasteiger partial charge in [0.2, 0.25) is 5.91 Å². The number of rotatable bonds is 7. The highest BCUT2D eigenvalue weighted by Crippen LogP contribution is 2.34. The highest BCUT2D eigenvalue weighted by molar-refractivity contribution is 7.14. The summed E-state index contributed by atoms with van der Waals surface area (Å²) in [7, 11) is 0. The Morgan fingerprint density at radius 2 is 2.08 bits per heavy atom. The topological polar surface area (TPSA) is 56.7 Å². The van der Waals surface area contributed by atoms with Crippen LogP contribution in [0.5, 0.6) is 0 Å². The molecule has 1 atom stereocenters. The van der Waals surface area contributed by atoms with Crippen LogP contribution in [0.3, 0.4) is 0 Å². The van der Waals surface area contributed by atoms with Gasteiger partial charge in [-0.3, -0.25) is 9.69 Å². The average Bonchev–Trinajstić information content (AvgIpc) is 3.26. The molecular weight excluding hydrogens is 322 g/mol. The zero-order chi connectivity index (χ0) is 17.1. The van der Waals surface area contributed by atoms with Crippen molar-refractivity contribution < 1.29 is 9.90 Å². The predicted octanol–water partition coefficient (Wildman–Crippen LogP) is 3.05. The molecule has 24 heavy (non-hydrogen) atoms. The van der Waals surface area contributed by atoms with Gasteiger partial charge in [-0.15, -0.1) is 11.3 Å². The third-order valence-corrected chi connectivity index (χ3v) is 4.84. The Labute approximate surface area is 146 Å². The van der Waals surface area contributed by atoms with E-state index < -0.39 is 6.10 Å². The predicted molar refractivity (Wildman–Crippen MR) is 97.5 cm³/mol. The maximum Gasteiger partial charge on any atom is 0.225 e. The number of aliphatic hydroxyl groups excluding tert-OH is 1. The van der Waals surface area contributed by atoms with Crippen molar-refractivity contribution >= 4 is 28.1 Å². The summed E-state index contributed by atoms with van der Waals surface area (Å²) >= 11 is 1.52. The number of hydrogen-bond acceptors (Lipinski definition) is 5. The number of amides is 1. The van der Waals surface area contributed by atoms with Crippen molar-refractivity contribution in [3.8, 4) is 0 Å². The molecule has 1 aromatic heterocycles. The molecule has 5 nitrogen and oxygen atoms in total. The summed E-state index contributed by atoms with van der Waals surface area (Å²) < 4.78 is 0. The van der Waals surface area contributed by atoms with Gasteiger partial charge in [-0.05, 0) is 31.9 Å². The molecule has 0 bridgehead atoms.